The highest BCUT2D eigenvalue weighted by Gasteiger charge is 2.21. The van der Waals surface area contributed by atoms with Gasteiger partial charge in [-0.3, -0.25) is 9.59 Å². The van der Waals surface area contributed by atoms with Crippen LogP contribution in [0.5, 0.6) is 5.75 Å². The maximum absolute atomic E-state index is 12.6. The van der Waals surface area contributed by atoms with E-state index in [1.807, 2.05) is 18.2 Å². The van der Waals surface area contributed by atoms with Gasteiger partial charge in [0.15, 0.2) is 9.84 Å². The number of nitrogens with one attached hydrogen (secondary N) is 2. The Morgan fingerprint density at radius 1 is 1.25 bits per heavy atom. The molecule has 0 saturated carbocycles. The quantitative estimate of drug-likeness (QED) is 0.712. The molecule has 28 heavy (non-hydrogen) atoms. The van der Waals surface area contributed by atoms with E-state index >= 15 is 0 Å². The van der Waals surface area contributed by atoms with Crippen molar-refractivity contribution in [2.75, 3.05) is 23.9 Å². The molecule has 2 amide bonds. The molecule has 0 atom stereocenters. The van der Waals surface area contributed by atoms with Gasteiger partial charge in [0, 0.05) is 23.4 Å². The molecule has 3 rings (SSSR count). The van der Waals surface area contributed by atoms with Gasteiger partial charge >= 0.3 is 0 Å². The van der Waals surface area contributed by atoms with Crippen LogP contribution < -0.4 is 15.4 Å². The fourth-order valence-electron chi connectivity index (χ4n) is 2.72. The van der Waals surface area contributed by atoms with Crippen molar-refractivity contribution >= 4 is 39.1 Å². The Morgan fingerprint density at radius 2 is 2.04 bits per heavy atom. The minimum atomic E-state index is -3.61. The molecule has 1 heterocycles. The number of anilines is 1. The molecular weight excluding hydrogens is 400 g/mol. The predicted molar refractivity (Wildman–Crippen MR) is 107 cm³/mol. The van der Waals surface area contributed by atoms with Gasteiger partial charge in [-0.25, -0.2) is 8.42 Å². The van der Waals surface area contributed by atoms with E-state index in [0.29, 0.717) is 16.3 Å². The van der Waals surface area contributed by atoms with Gasteiger partial charge in [-0.2, -0.15) is 0 Å². The first-order chi connectivity index (χ1) is 13.4. The van der Waals surface area contributed by atoms with E-state index in [1.165, 1.54) is 17.8 Å². The van der Waals surface area contributed by atoms with Gasteiger partial charge in [0.25, 0.3) is 0 Å². The Kier molecular flexibility index (Phi) is 6.25. The van der Waals surface area contributed by atoms with Crippen LogP contribution in [0, 0.1) is 0 Å². The molecule has 0 aliphatic carbocycles. The van der Waals surface area contributed by atoms with Crippen molar-refractivity contribution in [3.8, 4) is 5.75 Å². The molecule has 1 aliphatic rings. The number of sulfone groups is 1. The lowest BCUT2D eigenvalue weighted by atomic mass is 10.2. The van der Waals surface area contributed by atoms with Crippen LogP contribution in [0.2, 0.25) is 0 Å². The maximum Gasteiger partial charge on any atom is 0.234 e. The minimum Gasteiger partial charge on any atom is -0.496 e. The number of rotatable bonds is 7. The number of thioether (sulfide) groups is 1. The van der Waals surface area contributed by atoms with Crippen molar-refractivity contribution in [2.45, 2.75) is 22.8 Å². The van der Waals surface area contributed by atoms with E-state index in [1.54, 1.807) is 25.3 Å². The summed E-state index contributed by atoms with van der Waals surface area (Å²) >= 11 is 1.29. The van der Waals surface area contributed by atoms with Crippen LogP contribution in [0.15, 0.2) is 52.3 Å². The fraction of sp³-hybridized carbons (Fsp3) is 0.263. The van der Waals surface area contributed by atoms with Gasteiger partial charge in [0.2, 0.25) is 11.8 Å². The second kappa shape index (κ2) is 8.66. The number of amides is 2. The molecule has 0 aromatic heterocycles. The van der Waals surface area contributed by atoms with Crippen molar-refractivity contribution in [3.05, 3.63) is 48.0 Å². The molecule has 1 aliphatic heterocycles. The Bertz CT molecular complexity index is 1010. The summed E-state index contributed by atoms with van der Waals surface area (Å²) in [6.45, 7) is 0.262. The number of hydrogen-bond acceptors (Lipinski definition) is 6. The smallest absolute Gasteiger partial charge is 0.234 e. The molecule has 7 nitrogen and oxygen atoms in total. The largest absolute Gasteiger partial charge is 0.496 e. The van der Waals surface area contributed by atoms with Crippen LogP contribution in [-0.4, -0.2) is 38.8 Å². The summed E-state index contributed by atoms with van der Waals surface area (Å²) in [5.41, 5.74) is 1.42. The average molecular weight is 421 g/mol. The molecule has 0 fully saturated rings. The summed E-state index contributed by atoms with van der Waals surface area (Å²) in [6.07, 6.45) is -0.140. The van der Waals surface area contributed by atoms with Gasteiger partial charge in [-0.15, -0.1) is 11.8 Å². The van der Waals surface area contributed by atoms with E-state index in [2.05, 4.69) is 10.6 Å². The SMILES string of the molecule is COc1ccccc1CNC(=O)CCS(=O)(=O)c1ccc2c(c1)SCC(=O)N2. The molecule has 9 heteroatoms. The Balaban J connectivity index is 1.59. The second-order valence-electron chi connectivity index (χ2n) is 6.15. The Morgan fingerprint density at radius 3 is 2.82 bits per heavy atom. The van der Waals surface area contributed by atoms with Crippen molar-refractivity contribution in [1.29, 1.82) is 0 Å². The number of carbonyl (C=O) groups is 2. The van der Waals surface area contributed by atoms with Crippen LogP contribution in [0.3, 0.4) is 0 Å². The molecule has 2 aromatic rings. The molecule has 148 valence electrons. The first-order valence-corrected chi connectivity index (χ1v) is 11.2. The van der Waals surface area contributed by atoms with Gasteiger partial charge in [0.1, 0.15) is 5.75 Å². The summed E-state index contributed by atoms with van der Waals surface area (Å²) in [5.74, 6) is 0.158. The third-order valence-corrected chi connectivity index (χ3v) is 6.98. The van der Waals surface area contributed by atoms with Crippen LogP contribution >= 0.6 is 11.8 Å². The highest BCUT2D eigenvalue weighted by atomic mass is 32.2. The molecule has 0 bridgehead atoms. The number of para-hydroxylation sites is 1. The molecule has 0 radical (unpaired) electrons. The van der Waals surface area contributed by atoms with Crippen LogP contribution in [-0.2, 0) is 26.0 Å². The highest BCUT2D eigenvalue weighted by molar-refractivity contribution is 8.00. The van der Waals surface area contributed by atoms with Gasteiger partial charge in [-0.05, 0) is 24.3 Å². The lowest BCUT2D eigenvalue weighted by Gasteiger charge is -2.17. The average Bonchev–Trinajstić information content (AvgIpc) is 2.70. The third-order valence-electron chi connectivity index (χ3n) is 4.21. The Labute approximate surface area is 167 Å². The molecule has 0 unspecified atom stereocenters. The summed E-state index contributed by atoms with van der Waals surface area (Å²) < 4.78 is 30.4. The standard InChI is InChI=1S/C19H20N2O5S2/c1-26-16-5-3-2-4-13(16)11-20-18(22)8-9-28(24,25)14-6-7-15-17(10-14)27-12-19(23)21-15/h2-7,10H,8-9,11-12H2,1H3,(H,20,22)(H,21,23). The van der Waals surface area contributed by atoms with Crippen LogP contribution in [0.4, 0.5) is 5.69 Å². The number of ether oxygens (including phenoxy) is 1. The van der Waals surface area contributed by atoms with E-state index in [-0.39, 0.29) is 41.2 Å². The molecule has 0 saturated heterocycles. The monoisotopic (exact) mass is 420 g/mol. The first kappa shape index (κ1) is 20.2. The summed E-state index contributed by atoms with van der Waals surface area (Å²) in [7, 11) is -2.06. The summed E-state index contributed by atoms with van der Waals surface area (Å²) in [6, 6.07) is 11.9. The van der Waals surface area contributed by atoms with E-state index < -0.39 is 9.84 Å². The van der Waals surface area contributed by atoms with Crippen molar-refractivity contribution in [3.63, 3.8) is 0 Å². The summed E-state index contributed by atoms with van der Waals surface area (Å²) in [4.78, 5) is 24.3. The van der Waals surface area contributed by atoms with E-state index in [0.717, 1.165) is 5.56 Å². The zero-order chi connectivity index (χ0) is 20.1. The predicted octanol–water partition coefficient (Wildman–Crippen LogP) is 2.22. The number of fused-ring (bicyclic) bond motifs is 1. The lowest BCUT2D eigenvalue weighted by molar-refractivity contribution is -0.120. The molecule has 2 N–H and O–H groups in total. The normalized spacial score (nSPS) is 13.4. The molecular formula is C19H20N2O5S2. The van der Waals surface area contributed by atoms with Gasteiger partial charge in [-0.1, -0.05) is 18.2 Å². The van der Waals surface area contributed by atoms with Gasteiger partial charge in [0.05, 0.1) is 29.2 Å². The molecule has 0 spiro atoms. The Hall–Kier alpha value is -2.52. The fourth-order valence-corrected chi connectivity index (χ4v) is 4.91. The number of carbonyl (C=O) groups excluding carboxylic acids is 2. The van der Waals surface area contributed by atoms with Crippen molar-refractivity contribution in [2.24, 2.45) is 0 Å². The first-order valence-electron chi connectivity index (χ1n) is 8.57. The van der Waals surface area contributed by atoms with E-state index in [4.69, 9.17) is 4.74 Å². The maximum atomic E-state index is 12.6. The minimum absolute atomic E-state index is 0.111. The summed E-state index contributed by atoms with van der Waals surface area (Å²) in [5, 5.41) is 5.42. The number of hydrogen-bond donors (Lipinski definition) is 2. The number of methoxy groups -OCH3 is 1. The zero-order valence-electron chi connectivity index (χ0n) is 15.2. The zero-order valence-corrected chi connectivity index (χ0v) is 16.9. The topological polar surface area (TPSA) is 102 Å². The second-order valence-corrected chi connectivity index (χ2v) is 9.28. The van der Waals surface area contributed by atoms with Crippen LogP contribution in [0.25, 0.3) is 0 Å². The highest BCUT2D eigenvalue weighted by Crippen LogP contribution is 2.33. The number of benzene rings is 2. The third kappa shape index (κ3) is 4.85. The van der Waals surface area contributed by atoms with Gasteiger partial charge < -0.3 is 15.4 Å². The lowest BCUT2D eigenvalue weighted by Crippen LogP contribution is -2.25. The molecule has 2 aromatic carbocycles. The van der Waals surface area contributed by atoms with Crippen molar-refractivity contribution in [1.82, 2.24) is 5.32 Å². The van der Waals surface area contributed by atoms with E-state index in [9.17, 15) is 18.0 Å². The van der Waals surface area contributed by atoms with Crippen molar-refractivity contribution < 1.29 is 22.7 Å². The van der Waals surface area contributed by atoms with Crippen LogP contribution in [0.1, 0.15) is 12.0 Å².